The summed E-state index contributed by atoms with van der Waals surface area (Å²) in [6.45, 7) is 0. The molecule has 0 saturated heterocycles. The van der Waals surface area contributed by atoms with Crippen molar-refractivity contribution < 1.29 is 129 Å². The van der Waals surface area contributed by atoms with Gasteiger partial charge in [0.2, 0.25) is 0 Å². The third-order valence-electron chi connectivity index (χ3n) is 0. The van der Waals surface area contributed by atoms with Crippen LogP contribution in [0.2, 0.25) is 0 Å². The molecular weight excluding hydrogens is 732 g/mol. The second kappa shape index (κ2) is 12.5. The van der Waals surface area contributed by atoms with Gasteiger partial charge in [-0.25, -0.2) is 0 Å². The zero-order valence-electron chi connectivity index (χ0n) is 6.79. The first kappa shape index (κ1) is 31.1. The predicted octanol–water partition coefficient (Wildman–Crippen LogP) is -7.86. The van der Waals surface area contributed by atoms with Crippen molar-refractivity contribution in [3.05, 3.63) is 0 Å². The number of hydrogen-bond donors (Lipinski definition) is 0. The molecule has 0 aromatic carbocycles. The van der Waals surface area contributed by atoms with Crippen LogP contribution >= 0.6 is 0 Å². The molecule has 17 heavy (non-hydrogen) atoms. The van der Waals surface area contributed by atoms with Gasteiger partial charge in [0.25, 0.3) is 0 Å². The average Bonchev–Trinajstić information content (AvgIpc) is 1.41. The predicted molar refractivity (Wildman–Crippen MR) is 4.12 cm³/mol. The van der Waals surface area contributed by atoms with E-state index in [0.29, 0.717) is 0 Å². The van der Waals surface area contributed by atoms with Crippen molar-refractivity contribution in [2.45, 2.75) is 0 Å². The summed E-state index contributed by atoms with van der Waals surface area (Å²) in [4.78, 5) is 0. The third-order valence-corrected chi connectivity index (χ3v) is 0. The Hall–Kier alpha value is 1.46. The molecule has 0 heterocycles. The van der Waals surface area contributed by atoms with Crippen molar-refractivity contribution in [3.63, 3.8) is 0 Å². The quantitative estimate of drug-likeness (QED) is 0.226. The molecule has 0 aliphatic carbocycles. The molecule has 0 fully saturated rings. The van der Waals surface area contributed by atoms with Gasteiger partial charge in [0.05, 0.1) is 0 Å². The molecule has 108 valence electrons. The number of hydrogen-bond acceptors (Lipinski definition) is 12. The first-order valence-corrected chi connectivity index (χ1v) is 8.25. The van der Waals surface area contributed by atoms with Crippen LogP contribution in [0.25, 0.3) is 0 Å². The Morgan fingerprint density at radius 3 is 0.412 bits per heavy atom. The van der Waals surface area contributed by atoms with E-state index in [1.165, 1.54) is 0 Å². The van der Waals surface area contributed by atoms with Gasteiger partial charge in [-0.1, -0.05) is 0 Å². The molecule has 0 aromatic rings. The van der Waals surface area contributed by atoms with Gasteiger partial charge in [0, 0.05) is 0 Å². The van der Waals surface area contributed by atoms with Crippen LogP contribution in [-0.2, 0) is 104 Å². The molecule has 0 atom stereocenters. The van der Waals surface area contributed by atoms with E-state index in [1.54, 1.807) is 0 Å². The van der Waals surface area contributed by atoms with Gasteiger partial charge in [-0.15, -0.1) is 0 Å². The Balaban J connectivity index is -0.0000000400. The molecule has 0 aliphatic rings. The van der Waals surface area contributed by atoms with Crippen LogP contribution in [0.3, 0.4) is 0 Å². The van der Waals surface area contributed by atoms with Gasteiger partial charge in [0.15, 0.2) is 0 Å². The molecule has 12 nitrogen and oxygen atoms in total. The molecule has 0 radical (unpaired) electrons. The van der Waals surface area contributed by atoms with Crippen molar-refractivity contribution in [1.82, 2.24) is 0 Å². The van der Waals surface area contributed by atoms with E-state index >= 15 is 0 Å². The summed E-state index contributed by atoms with van der Waals surface area (Å²) in [7, 11) is 0. The molecule has 0 unspecified atom stereocenters. The van der Waals surface area contributed by atoms with Crippen molar-refractivity contribution in [3.8, 4) is 0 Å². The van der Waals surface area contributed by atoms with Crippen LogP contribution < -0.4 is 24.9 Å². The molecular formula is Cr3Ir2O12. The van der Waals surface area contributed by atoms with Crippen LogP contribution in [0.5, 0.6) is 0 Å². The van der Waals surface area contributed by atoms with E-state index < -0.39 is 40.8 Å². The summed E-state index contributed by atoms with van der Waals surface area (Å²) in [5.41, 5.74) is 0. The molecule has 0 aromatic heterocycles. The molecule has 0 amide bonds. The van der Waals surface area contributed by atoms with E-state index in [9.17, 15) is 0 Å². The standard InChI is InChI=1S/3Cr.2Ir.12O/q;;;2*+3;;;;;;;6*-1. The maximum absolute atomic E-state index is 8.59. The van der Waals surface area contributed by atoms with Gasteiger partial charge in [-0.3, -0.25) is 0 Å². The van der Waals surface area contributed by atoms with Crippen LogP contribution in [0, 0.1) is 0 Å². The Bertz CT molecular complexity index is 341. The van der Waals surface area contributed by atoms with Crippen LogP contribution in [0.15, 0.2) is 0 Å². The molecule has 0 saturated carbocycles. The van der Waals surface area contributed by atoms with Gasteiger partial charge in [0.1, 0.15) is 0 Å². The summed E-state index contributed by atoms with van der Waals surface area (Å²) in [5, 5.41) is 0. The van der Waals surface area contributed by atoms with Crippen LogP contribution in [0.1, 0.15) is 0 Å². The first-order valence-electron chi connectivity index (χ1n) is 2.00. The molecule has 0 bridgehead atoms. The summed E-state index contributed by atoms with van der Waals surface area (Å²) in [6.07, 6.45) is 0. The summed E-state index contributed by atoms with van der Waals surface area (Å²) >= 11 is -17.2. The van der Waals surface area contributed by atoms with Gasteiger partial charge < -0.3 is 0 Å². The van der Waals surface area contributed by atoms with Gasteiger partial charge >= 0.3 is 129 Å². The summed E-state index contributed by atoms with van der Waals surface area (Å²) in [6, 6.07) is 0. The van der Waals surface area contributed by atoms with Crippen LogP contribution in [0.4, 0.5) is 0 Å². The van der Waals surface area contributed by atoms with Crippen molar-refractivity contribution >= 4 is 0 Å². The topological polar surface area (TPSA) is 241 Å². The Labute approximate surface area is 128 Å². The van der Waals surface area contributed by atoms with Crippen molar-refractivity contribution in [1.29, 1.82) is 0 Å². The normalized spacial score (nSPS) is 10.2. The number of rotatable bonds is 0. The molecule has 0 N–H and O–H groups in total. The zero-order chi connectivity index (χ0) is 13.5. The molecule has 0 aliphatic heterocycles. The van der Waals surface area contributed by atoms with Gasteiger partial charge in [-0.2, -0.15) is 0 Å². The van der Waals surface area contributed by atoms with E-state index in [1.807, 2.05) is 0 Å². The summed E-state index contributed by atoms with van der Waals surface area (Å²) < 4.78 is 103. The Morgan fingerprint density at radius 1 is 0.412 bits per heavy atom. The van der Waals surface area contributed by atoms with E-state index in [4.69, 9.17) is 47.8 Å². The molecule has 17 heteroatoms. The Kier molecular flexibility index (Phi) is 22.8. The summed E-state index contributed by atoms with van der Waals surface area (Å²) in [5.74, 6) is 0. The third kappa shape index (κ3) is 1970. The fourth-order valence-corrected chi connectivity index (χ4v) is 0. The SMILES string of the molecule is [Ir+3].[Ir+3].[O]=[Cr](=[O])([O-])[O-].[O]=[Cr](=[O])([O-])[O-].[O]=[Cr](=[O])([O-])[O-]. The fraction of sp³-hybridized carbons (Fsp3) is 0. The second-order valence-electron chi connectivity index (χ2n) is 1.22. The average molecular weight is 732 g/mol. The second-order valence-corrected chi connectivity index (χ2v) is 5.05. The van der Waals surface area contributed by atoms with Crippen molar-refractivity contribution in [2.24, 2.45) is 0 Å². The van der Waals surface area contributed by atoms with Crippen molar-refractivity contribution in [2.75, 3.05) is 0 Å². The monoisotopic (exact) mass is 734 g/mol. The van der Waals surface area contributed by atoms with E-state index in [-0.39, 0.29) is 40.2 Å². The first-order chi connectivity index (χ1) is 6.00. The minimum atomic E-state index is -5.75. The molecule has 0 spiro atoms. The van der Waals surface area contributed by atoms with Gasteiger partial charge in [-0.05, 0) is 0 Å². The zero-order valence-corrected chi connectivity index (χ0v) is 15.4. The fourth-order valence-electron chi connectivity index (χ4n) is 0. The Morgan fingerprint density at radius 2 is 0.412 bits per heavy atom. The van der Waals surface area contributed by atoms with Crippen LogP contribution in [-0.4, -0.2) is 0 Å². The maximum atomic E-state index is 8.59. The minimum absolute atomic E-state index is 0. The molecule has 0 rings (SSSR count). The van der Waals surface area contributed by atoms with E-state index in [2.05, 4.69) is 0 Å². The van der Waals surface area contributed by atoms with E-state index in [0.717, 1.165) is 0 Å².